The van der Waals surface area contributed by atoms with Crippen LogP contribution in [0.4, 0.5) is 0 Å². The van der Waals surface area contributed by atoms with E-state index in [0.717, 1.165) is 13.0 Å². The average molecular weight is 285 g/mol. The van der Waals surface area contributed by atoms with Gasteiger partial charge in [-0.2, -0.15) is 0 Å². The topological polar surface area (TPSA) is 9.23 Å². The van der Waals surface area contributed by atoms with Crippen molar-refractivity contribution in [2.75, 3.05) is 6.61 Å². The number of ether oxygens (including phenoxy) is 1. The largest absolute Gasteiger partial charge is 1.00 e. The number of unbranched alkanes of at least 4 members (excludes halogenated alkanes) is 9. The summed E-state index contributed by atoms with van der Waals surface area (Å²) in [5, 5.41) is 0. The van der Waals surface area contributed by atoms with Crippen molar-refractivity contribution in [2.45, 2.75) is 71.1 Å². The zero-order valence-electron chi connectivity index (χ0n) is 11.5. The maximum atomic E-state index is 5.11. The molecule has 0 spiro atoms. The van der Waals surface area contributed by atoms with Crippen LogP contribution in [-0.2, 0) is 4.74 Å². The van der Waals surface area contributed by atoms with Crippen LogP contribution in [0.3, 0.4) is 0 Å². The minimum atomic E-state index is 0. The number of thiol groups is 1. The van der Waals surface area contributed by atoms with Crippen LogP contribution in [0.5, 0.6) is 0 Å². The normalized spacial score (nSPS) is 9.76. The Labute approximate surface area is 140 Å². The van der Waals surface area contributed by atoms with Gasteiger partial charge in [-0.3, -0.25) is 0 Å². The van der Waals surface area contributed by atoms with Crippen molar-refractivity contribution in [3.63, 3.8) is 0 Å². The van der Waals surface area contributed by atoms with E-state index >= 15 is 0 Å². The average Bonchev–Trinajstić information content (AvgIpc) is 2.25. The van der Waals surface area contributed by atoms with E-state index in [1.54, 1.807) is 0 Å². The molecule has 0 rings (SSSR count). The van der Waals surface area contributed by atoms with E-state index in [1.165, 1.54) is 57.8 Å². The van der Waals surface area contributed by atoms with Gasteiger partial charge in [-0.25, -0.2) is 0 Å². The van der Waals surface area contributed by atoms with E-state index in [0.29, 0.717) is 4.38 Å². The molecule has 0 radical (unpaired) electrons. The van der Waals surface area contributed by atoms with E-state index in [-0.39, 0.29) is 29.6 Å². The number of rotatable bonds is 11. The molecule has 0 aromatic rings. The molecule has 17 heavy (non-hydrogen) atoms. The van der Waals surface area contributed by atoms with Gasteiger partial charge in [-0.1, -0.05) is 77.3 Å². The predicted molar refractivity (Wildman–Crippen MR) is 79.4 cm³/mol. The number of hydrogen-bond donors (Lipinski definition) is 1. The Kier molecular flexibility index (Phi) is 20.8. The molecular formula is C13H26NaOS2+. The van der Waals surface area contributed by atoms with Crippen LogP contribution in [0.2, 0.25) is 0 Å². The maximum Gasteiger partial charge on any atom is 1.00 e. The van der Waals surface area contributed by atoms with Gasteiger partial charge >= 0.3 is 29.6 Å². The molecule has 4 heteroatoms. The summed E-state index contributed by atoms with van der Waals surface area (Å²) in [6.07, 6.45) is 13.5. The quantitative estimate of drug-likeness (QED) is 0.270. The molecule has 0 amide bonds. The molecule has 0 aliphatic carbocycles. The summed E-state index contributed by atoms with van der Waals surface area (Å²) in [5.41, 5.74) is 0. The summed E-state index contributed by atoms with van der Waals surface area (Å²) in [6, 6.07) is 0. The van der Waals surface area contributed by atoms with Gasteiger partial charge in [-0.05, 0) is 18.6 Å². The molecule has 0 saturated heterocycles. The molecule has 0 bridgehead atoms. The third-order valence-electron chi connectivity index (χ3n) is 2.72. The summed E-state index contributed by atoms with van der Waals surface area (Å²) < 4.78 is 5.48. The molecule has 0 aliphatic heterocycles. The SMILES string of the molecule is CCCCCCCCCCCCOC(=S)S.[Na+]. The minimum absolute atomic E-state index is 0. The zero-order valence-corrected chi connectivity index (χ0v) is 15.3. The van der Waals surface area contributed by atoms with Crippen LogP contribution >= 0.6 is 24.8 Å². The molecule has 96 valence electrons. The summed E-state index contributed by atoms with van der Waals surface area (Å²) in [4.78, 5) is 0. The summed E-state index contributed by atoms with van der Waals surface area (Å²) in [7, 11) is 0. The van der Waals surface area contributed by atoms with Crippen LogP contribution in [0.25, 0.3) is 0 Å². The van der Waals surface area contributed by atoms with Gasteiger partial charge < -0.3 is 4.74 Å². The van der Waals surface area contributed by atoms with Crippen molar-refractivity contribution >= 4 is 29.2 Å². The van der Waals surface area contributed by atoms with Gasteiger partial charge in [0, 0.05) is 0 Å². The van der Waals surface area contributed by atoms with Gasteiger partial charge in [0.2, 0.25) is 4.38 Å². The third kappa shape index (κ3) is 19.7. The molecule has 1 nitrogen and oxygen atoms in total. The smallest absolute Gasteiger partial charge is 0.479 e. The molecule has 0 aromatic carbocycles. The zero-order chi connectivity index (χ0) is 12.1. The summed E-state index contributed by atoms with van der Waals surface area (Å²) in [5.74, 6) is 0. The van der Waals surface area contributed by atoms with Crippen molar-refractivity contribution in [3.05, 3.63) is 0 Å². The fraction of sp³-hybridized carbons (Fsp3) is 0.923. The summed E-state index contributed by atoms with van der Waals surface area (Å²) in [6.45, 7) is 3.00. The minimum Gasteiger partial charge on any atom is -0.479 e. The second-order valence-electron chi connectivity index (χ2n) is 4.30. The van der Waals surface area contributed by atoms with Crippen molar-refractivity contribution in [2.24, 2.45) is 0 Å². The van der Waals surface area contributed by atoms with Crippen molar-refractivity contribution in [1.29, 1.82) is 0 Å². The molecule has 0 N–H and O–H groups in total. The predicted octanol–water partition coefficient (Wildman–Crippen LogP) is 2.14. The van der Waals surface area contributed by atoms with Gasteiger partial charge in [0.05, 0.1) is 6.61 Å². The second kappa shape index (κ2) is 17.2. The van der Waals surface area contributed by atoms with E-state index in [9.17, 15) is 0 Å². The maximum absolute atomic E-state index is 5.11. The van der Waals surface area contributed by atoms with E-state index < -0.39 is 0 Å². The first-order valence-electron chi connectivity index (χ1n) is 6.63. The Morgan fingerprint density at radius 2 is 1.29 bits per heavy atom. The van der Waals surface area contributed by atoms with E-state index in [1.807, 2.05) is 0 Å². The molecule has 0 aliphatic rings. The van der Waals surface area contributed by atoms with Gasteiger partial charge in [0.25, 0.3) is 0 Å². The molecular weight excluding hydrogens is 259 g/mol. The number of thiocarbonyl (C=S) groups is 1. The second-order valence-corrected chi connectivity index (χ2v) is 5.38. The Hall–Kier alpha value is 1.24. The first-order valence-corrected chi connectivity index (χ1v) is 7.48. The van der Waals surface area contributed by atoms with Gasteiger partial charge in [-0.15, -0.1) is 0 Å². The fourth-order valence-electron chi connectivity index (χ4n) is 1.75. The van der Waals surface area contributed by atoms with Crippen LogP contribution < -0.4 is 29.6 Å². The van der Waals surface area contributed by atoms with Crippen LogP contribution in [-0.4, -0.2) is 11.0 Å². The van der Waals surface area contributed by atoms with E-state index in [4.69, 9.17) is 17.0 Å². The first-order chi connectivity index (χ1) is 7.77. The molecule has 0 saturated carbocycles. The van der Waals surface area contributed by atoms with Gasteiger partial charge in [0.1, 0.15) is 0 Å². The Balaban J connectivity index is 0. The molecule has 0 atom stereocenters. The Morgan fingerprint density at radius 1 is 0.882 bits per heavy atom. The Bertz CT molecular complexity index is 165. The first kappa shape index (κ1) is 20.6. The standard InChI is InChI=1S/C13H26OS2.Na/c1-2-3-4-5-6-7-8-9-10-11-12-14-13(15)16;/h2-12H2,1H3,(H,15,16);/q;+1. The van der Waals surface area contributed by atoms with Crippen molar-refractivity contribution in [3.8, 4) is 0 Å². The van der Waals surface area contributed by atoms with Crippen molar-refractivity contribution < 1.29 is 34.3 Å². The number of hydrogen-bond acceptors (Lipinski definition) is 2. The Morgan fingerprint density at radius 3 is 1.71 bits per heavy atom. The fourth-order valence-corrected chi connectivity index (χ4v) is 1.92. The van der Waals surface area contributed by atoms with Gasteiger partial charge in [0.15, 0.2) is 0 Å². The summed E-state index contributed by atoms with van der Waals surface area (Å²) >= 11 is 8.61. The van der Waals surface area contributed by atoms with E-state index in [2.05, 4.69) is 19.6 Å². The monoisotopic (exact) mass is 285 g/mol. The third-order valence-corrected chi connectivity index (χ3v) is 2.97. The van der Waals surface area contributed by atoms with Crippen LogP contribution in [0, 0.1) is 0 Å². The van der Waals surface area contributed by atoms with Crippen LogP contribution in [0.1, 0.15) is 71.1 Å². The van der Waals surface area contributed by atoms with Crippen molar-refractivity contribution in [1.82, 2.24) is 0 Å². The molecule has 0 unspecified atom stereocenters. The molecule has 0 aromatic heterocycles. The van der Waals surface area contributed by atoms with Crippen LogP contribution in [0.15, 0.2) is 0 Å². The molecule has 0 fully saturated rings. The molecule has 0 heterocycles.